The zero-order valence-electron chi connectivity index (χ0n) is 12.1. The minimum Gasteiger partial charge on any atom is -0.360 e. The predicted octanol–water partition coefficient (Wildman–Crippen LogP) is 5.17. The molecule has 0 radical (unpaired) electrons. The van der Waals surface area contributed by atoms with Gasteiger partial charge in [0.1, 0.15) is 6.17 Å². The van der Waals surface area contributed by atoms with Crippen LogP contribution in [0.15, 0.2) is 66.0 Å². The van der Waals surface area contributed by atoms with Gasteiger partial charge in [0, 0.05) is 10.6 Å². The third kappa shape index (κ3) is 2.40. The summed E-state index contributed by atoms with van der Waals surface area (Å²) >= 11 is 7.97. The molecule has 2 heterocycles. The van der Waals surface area contributed by atoms with Crippen molar-refractivity contribution in [2.75, 3.05) is 10.2 Å². The van der Waals surface area contributed by atoms with E-state index in [9.17, 15) is 4.79 Å². The summed E-state index contributed by atoms with van der Waals surface area (Å²) in [4.78, 5) is 15.9. The van der Waals surface area contributed by atoms with Crippen LogP contribution in [0.5, 0.6) is 0 Å². The molecule has 3 nitrogen and oxygen atoms in total. The lowest BCUT2D eigenvalue weighted by Crippen LogP contribution is -2.43. The summed E-state index contributed by atoms with van der Waals surface area (Å²) in [6, 6.07) is 19.0. The summed E-state index contributed by atoms with van der Waals surface area (Å²) in [6.45, 7) is 0. The van der Waals surface area contributed by atoms with Crippen LogP contribution in [0.2, 0.25) is 5.02 Å². The van der Waals surface area contributed by atoms with Crippen molar-refractivity contribution in [3.63, 3.8) is 0 Å². The van der Waals surface area contributed by atoms with Gasteiger partial charge < -0.3 is 5.32 Å². The Kier molecular flexibility index (Phi) is 3.56. The van der Waals surface area contributed by atoms with Crippen molar-refractivity contribution in [2.24, 2.45) is 0 Å². The number of carbonyl (C=O) groups excluding carboxylic acids is 1. The summed E-state index contributed by atoms with van der Waals surface area (Å²) in [5.74, 6) is -0.0501. The topological polar surface area (TPSA) is 32.3 Å². The van der Waals surface area contributed by atoms with Gasteiger partial charge in [-0.15, -0.1) is 11.3 Å². The first-order valence-corrected chi connectivity index (χ1v) is 8.48. The molecule has 3 aromatic rings. The van der Waals surface area contributed by atoms with E-state index in [1.807, 2.05) is 60.0 Å². The van der Waals surface area contributed by atoms with Gasteiger partial charge >= 0.3 is 0 Å². The van der Waals surface area contributed by atoms with Gasteiger partial charge in [0.15, 0.2) is 0 Å². The Morgan fingerprint density at radius 3 is 2.57 bits per heavy atom. The molecule has 0 fully saturated rings. The number of benzene rings is 2. The number of hydrogen-bond donors (Lipinski definition) is 1. The molecule has 1 aliphatic rings. The van der Waals surface area contributed by atoms with Crippen LogP contribution in [0.4, 0.5) is 11.4 Å². The van der Waals surface area contributed by atoms with E-state index in [-0.39, 0.29) is 12.1 Å². The molecule has 0 bridgehead atoms. The van der Waals surface area contributed by atoms with Crippen LogP contribution in [0.25, 0.3) is 0 Å². The first-order valence-electron chi connectivity index (χ1n) is 7.23. The fraction of sp³-hybridized carbons (Fsp3) is 0.0556. The zero-order valence-corrected chi connectivity index (χ0v) is 13.6. The van der Waals surface area contributed by atoms with Gasteiger partial charge in [-0.25, -0.2) is 0 Å². The molecule has 23 heavy (non-hydrogen) atoms. The van der Waals surface area contributed by atoms with Crippen LogP contribution in [-0.4, -0.2) is 5.91 Å². The number of amides is 1. The van der Waals surface area contributed by atoms with Gasteiger partial charge in [-0.2, -0.15) is 0 Å². The third-order valence-corrected chi connectivity index (χ3v) is 5.10. The lowest BCUT2D eigenvalue weighted by Gasteiger charge is -2.37. The standard InChI is InChI=1S/C18H13ClN2OS/c19-13-7-2-4-9-15(13)21-17(16-10-5-11-23-16)20-14-8-3-1-6-12(14)18(21)22/h1-11,17,20H/t17-/m1/s1. The quantitative estimate of drug-likeness (QED) is 0.697. The van der Waals surface area contributed by atoms with Crippen molar-refractivity contribution in [3.05, 3.63) is 81.5 Å². The summed E-state index contributed by atoms with van der Waals surface area (Å²) < 4.78 is 0. The Balaban J connectivity index is 1.90. The van der Waals surface area contributed by atoms with E-state index in [0.717, 1.165) is 10.6 Å². The van der Waals surface area contributed by atoms with Crippen LogP contribution in [0.3, 0.4) is 0 Å². The van der Waals surface area contributed by atoms with Crippen LogP contribution in [0, 0.1) is 0 Å². The maximum atomic E-state index is 13.1. The molecule has 1 atom stereocenters. The molecule has 0 spiro atoms. The molecule has 2 aromatic carbocycles. The van der Waals surface area contributed by atoms with Gasteiger partial charge in [-0.05, 0) is 35.7 Å². The second-order valence-corrected chi connectivity index (χ2v) is 6.62. The molecule has 0 aliphatic carbocycles. The molecule has 0 saturated heterocycles. The number of fused-ring (bicyclic) bond motifs is 1. The monoisotopic (exact) mass is 340 g/mol. The maximum absolute atomic E-state index is 13.1. The third-order valence-electron chi connectivity index (χ3n) is 3.85. The van der Waals surface area contributed by atoms with Crippen LogP contribution in [-0.2, 0) is 0 Å². The van der Waals surface area contributed by atoms with E-state index in [2.05, 4.69) is 5.32 Å². The summed E-state index contributed by atoms with van der Waals surface area (Å²) in [5, 5.41) is 6.03. The number of rotatable bonds is 2. The first-order chi connectivity index (χ1) is 11.3. The SMILES string of the molecule is O=C1c2ccccc2N[C@@H](c2cccs2)N1c1ccccc1Cl. The molecule has 0 unspecified atom stereocenters. The molecular formula is C18H13ClN2OS. The number of thiophene rings is 1. The molecule has 1 N–H and O–H groups in total. The van der Waals surface area contributed by atoms with E-state index in [1.54, 1.807) is 22.3 Å². The van der Waals surface area contributed by atoms with E-state index in [4.69, 9.17) is 11.6 Å². The van der Waals surface area contributed by atoms with E-state index in [0.29, 0.717) is 16.3 Å². The lowest BCUT2D eigenvalue weighted by molar-refractivity contribution is 0.0975. The minimum absolute atomic E-state index is 0.0501. The molecule has 1 aliphatic heterocycles. The smallest absolute Gasteiger partial charge is 0.262 e. The summed E-state index contributed by atoms with van der Waals surface area (Å²) in [6.07, 6.45) is -0.266. The van der Waals surface area contributed by atoms with Gasteiger partial charge in [-0.1, -0.05) is 41.9 Å². The van der Waals surface area contributed by atoms with Crippen molar-refractivity contribution in [1.29, 1.82) is 0 Å². The number of halogens is 1. The molecule has 4 rings (SSSR count). The fourth-order valence-electron chi connectivity index (χ4n) is 2.80. The number of nitrogens with zero attached hydrogens (tertiary/aromatic N) is 1. The second kappa shape index (κ2) is 5.72. The average molecular weight is 341 g/mol. The Labute approximate surface area is 143 Å². The second-order valence-electron chi connectivity index (χ2n) is 5.23. The molecule has 0 saturated carbocycles. The van der Waals surface area contributed by atoms with Crippen LogP contribution >= 0.6 is 22.9 Å². The Morgan fingerprint density at radius 1 is 1.00 bits per heavy atom. The molecule has 1 aromatic heterocycles. The molecule has 114 valence electrons. The highest BCUT2D eigenvalue weighted by atomic mass is 35.5. The van der Waals surface area contributed by atoms with Gasteiger partial charge in [-0.3, -0.25) is 9.69 Å². The highest BCUT2D eigenvalue weighted by Crippen LogP contribution is 2.40. The Bertz CT molecular complexity index is 863. The van der Waals surface area contributed by atoms with Crippen molar-refractivity contribution in [2.45, 2.75) is 6.17 Å². The van der Waals surface area contributed by atoms with Gasteiger partial charge in [0.05, 0.1) is 16.3 Å². The number of hydrogen-bond acceptors (Lipinski definition) is 3. The van der Waals surface area contributed by atoms with E-state index >= 15 is 0 Å². The predicted molar refractivity (Wildman–Crippen MR) is 95.4 cm³/mol. The van der Waals surface area contributed by atoms with Crippen LogP contribution in [0.1, 0.15) is 21.4 Å². The molecule has 5 heteroatoms. The van der Waals surface area contributed by atoms with Crippen LogP contribution < -0.4 is 10.2 Å². The number of nitrogens with one attached hydrogen (secondary N) is 1. The minimum atomic E-state index is -0.266. The number of para-hydroxylation sites is 2. The van der Waals surface area contributed by atoms with E-state index < -0.39 is 0 Å². The molecular weight excluding hydrogens is 328 g/mol. The van der Waals surface area contributed by atoms with Crippen molar-refractivity contribution in [3.8, 4) is 0 Å². The Morgan fingerprint density at radius 2 is 1.78 bits per heavy atom. The largest absolute Gasteiger partial charge is 0.360 e. The summed E-state index contributed by atoms with van der Waals surface area (Å²) in [5.41, 5.74) is 2.21. The zero-order chi connectivity index (χ0) is 15.8. The normalized spacial score (nSPS) is 16.8. The maximum Gasteiger partial charge on any atom is 0.262 e. The number of anilines is 2. The average Bonchev–Trinajstić information content (AvgIpc) is 3.10. The number of carbonyl (C=O) groups is 1. The van der Waals surface area contributed by atoms with Crippen molar-refractivity contribution < 1.29 is 4.79 Å². The van der Waals surface area contributed by atoms with E-state index in [1.165, 1.54) is 0 Å². The van der Waals surface area contributed by atoms with Crippen molar-refractivity contribution >= 4 is 40.2 Å². The Hall–Kier alpha value is -2.30. The summed E-state index contributed by atoms with van der Waals surface area (Å²) in [7, 11) is 0. The first kappa shape index (κ1) is 14.3. The highest BCUT2D eigenvalue weighted by molar-refractivity contribution is 7.10. The fourth-order valence-corrected chi connectivity index (χ4v) is 3.79. The molecule has 1 amide bonds. The van der Waals surface area contributed by atoms with Crippen molar-refractivity contribution in [1.82, 2.24) is 0 Å². The van der Waals surface area contributed by atoms with Gasteiger partial charge in [0.2, 0.25) is 0 Å². The lowest BCUT2D eigenvalue weighted by atomic mass is 10.1. The highest BCUT2D eigenvalue weighted by Gasteiger charge is 2.35. The van der Waals surface area contributed by atoms with Gasteiger partial charge in [0.25, 0.3) is 5.91 Å².